The average Bonchev–Trinajstić information content (AvgIpc) is 2.66. The van der Waals surface area contributed by atoms with E-state index >= 15 is 0 Å². The van der Waals surface area contributed by atoms with Crippen LogP contribution in [0, 0.1) is 13.8 Å². The van der Waals surface area contributed by atoms with E-state index in [1.165, 1.54) is 0 Å². The number of hydrogen-bond donors (Lipinski definition) is 1. The molecule has 0 heterocycles. The Labute approximate surface area is 155 Å². The van der Waals surface area contributed by atoms with Crippen molar-refractivity contribution in [3.63, 3.8) is 0 Å². The Morgan fingerprint density at radius 1 is 1.08 bits per heavy atom. The fraction of sp³-hybridized carbons (Fsp3) is 0.333. The minimum atomic E-state index is -0.588. The lowest BCUT2D eigenvalue weighted by atomic mass is 10.1. The highest BCUT2D eigenvalue weighted by Gasteiger charge is 2.25. The van der Waals surface area contributed by atoms with E-state index in [9.17, 15) is 9.59 Å². The molecule has 2 aromatic rings. The van der Waals surface area contributed by atoms with Gasteiger partial charge in [0.2, 0.25) is 5.91 Å². The standard InChI is InChI=1S/C21H26N2O3/c1-15-9-8-12-19(16(15)2)26-14-20(24)23(17(3)21(25)22-4)13-18-10-6-5-7-11-18/h5-12,17H,13-14H2,1-4H3,(H,22,25)/t17-/m0/s1. The molecule has 0 bridgehead atoms. The molecule has 5 heteroatoms. The number of ether oxygens (including phenoxy) is 1. The van der Waals surface area contributed by atoms with Crippen molar-refractivity contribution in [3.8, 4) is 5.75 Å². The summed E-state index contributed by atoms with van der Waals surface area (Å²) in [5.74, 6) is 0.248. The van der Waals surface area contributed by atoms with E-state index in [2.05, 4.69) is 5.32 Å². The Hall–Kier alpha value is -2.82. The van der Waals surface area contributed by atoms with Crippen molar-refractivity contribution in [2.24, 2.45) is 0 Å². The minimum absolute atomic E-state index is 0.113. The summed E-state index contributed by atoms with van der Waals surface area (Å²) < 4.78 is 5.74. The summed E-state index contributed by atoms with van der Waals surface area (Å²) in [5.41, 5.74) is 3.08. The molecule has 0 aliphatic rings. The van der Waals surface area contributed by atoms with Gasteiger partial charge in [-0.1, -0.05) is 42.5 Å². The molecule has 0 unspecified atom stereocenters. The lowest BCUT2D eigenvalue weighted by Gasteiger charge is -2.28. The van der Waals surface area contributed by atoms with Crippen molar-refractivity contribution < 1.29 is 14.3 Å². The van der Waals surface area contributed by atoms with E-state index in [0.29, 0.717) is 12.3 Å². The predicted octanol–water partition coefficient (Wildman–Crippen LogP) is 2.85. The van der Waals surface area contributed by atoms with Gasteiger partial charge in [-0.3, -0.25) is 9.59 Å². The third kappa shape index (κ3) is 4.85. The van der Waals surface area contributed by atoms with Crippen LogP contribution >= 0.6 is 0 Å². The zero-order chi connectivity index (χ0) is 19.1. The van der Waals surface area contributed by atoms with Crippen LogP contribution in [0.4, 0.5) is 0 Å². The molecule has 2 rings (SSSR count). The number of amides is 2. The zero-order valence-electron chi connectivity index (χ0n) is 15.8. The number of rotatable bonds is 7. The highest BCUT2D eigenvalue weighted by atomic mass is 16.5. The predicted molar refractivity (Wildman–Crippen MR) is 102 cm³/mol. The maximum absolute atomic E-state index is 12.8. The smallest absolute Gasteiger partial charge is 0.261 e. The molecule has 2 aromatic carbocycles. The van der Waals surface area contributed by atoms with Crippen LogP contribution in [0.2, 0.25) is 0 Å². The molecule has 1 N–H and O–H groups in total. The molecule has 0 saturated heterocycles. The Kier molecular flexibility index (Phi) is 6.78. The van der Waals surface area contributed by atoms with E-state index in [1.807, 2.05) is 62.4 Å². The van der Waals surface area contributed by atoms with Gasteiger partial charge < -0.3 is 15.0 Å². The summed E-state index contributed by atoms with van der Waals surface area (Å²) in [6.07, 6.45) is 0. The van der Waals surface area contributed by atoms with Crippen LogP contribution in [-0.4, -0.2) is 36.4 Å². The third-order valence-electron chi connectivity index (χ3n) is 4.52. The van der Waals surface area contributed by atoms with Crippen LogP contribution in [0.3, 0.4) is 0 Å². The molecular formula is C21H26N2O3. The van der Waals surface area contributed by atoms with Gasteiger partial charge in [-0.2, -0.15) is 0 Å². The molecule has 0 fully saturated rings. The first-order valence-electron chi connectivity index (χ1n) is 8.68. The Morgan fingerprint density at radius 3 is 2.42 bits per heavy atom. The molecular weight excluding hydrogens is 328 g/mol. The number of hydrogen-bond acceptors (Lipinski definition) is 3. The number of nitrogens with one attached hydrogen (secondary N) is 1. The van der Waals surface area contributed by atoms with Gasteiger partial charge in [-0.15, -0.1) is 0 Å². The fourth-order valence-corrected chi connectivity index (χ4v) is 2.67. The molecule has 0 aromatic heterocycles. The lowest BCUT2D eigenvalue weighted by molar-refractivity contribution is -0.142. The summed E-state index contributed by atoms with van der Waals surface area (Å²) >= 11 is 0. The molecule has 26 heavy (non-hydrogen) atoms. The number of benzene rings is 2. The molecule has 0 aliphatic carbocycles. The van der Waals surface area contributed by atoms with Crippen molar-refractivity contribution in [1.29, 1.82) is 0 Å². The fourth-order valence-electron chi connectivity index (χ4n) is 2.67. The Balaban J connectivity index is 2.14. The lowest BCUT2D eigenvalue weighted by Crippen LogP contribution is -2.48. The van der Waals surface area contributed by atoms with Gasteiger partial charge in [0.25, 0.3) is 5.91 Å². The van der Waals surface area contributed by atoms with E-state index in [-0.39, 0.29) is 18.4 Å². The second-order valence-corrected chi connectivity index (χ2v) is 6.28. The SMILES string of the molecule is CNC(=O)[C@H](C)N(Cc1ccccc1)C(=O)COc1cccc(C)c1C. The first-order valence-corrected chi connectivity index (χ1v) is 8.68. The minimum Gasteiger partial charge on any atom is -0.483 e. The number of aryl methyl sites for hydroxylation is 1. The second-order valence-electron chi connectivity index (χ2n) is 6.28. The number of carbonyl (C=O) groups excluding carboxylic acids is 2. The Bertz CT molecular complexity index is 759. The van der Waals surface area contributed by atoms with E-state index < -0.39 is 6.04 Å². The number of nitrogens with zero attached hydrogens (tertiary/aromatic N) is 1. The summed E-state index contributed by atoms with van der Waals surface area (Å²) in [4.78, 5) is 26.4. The van der Waals surface area contributed by atoms with Crippen LogP contribution in [0.15, 0.2) is 48.5 Å². The van der Waals surface area contributed by atoms with Crippen molar-refractivity contribution in [2.75, 3.05) is 13.7 Å². The van der Waals surface area contributed by atoms with Gasteiger partial charge in [-0.05, 0) is 43.5 Å². The van der Waals surface area contributed by atoms with E-state index in [4.69, 9.17) is 4.74 Å². The first-order chi connectivity index (χ1) is 12.4. The normalized spacial score (nSPS) is 11.5. The third-order valence-corrected chi connectivity index (χ3v) is 4.52. The van der Waals surface area contributed by atoms with Gasteiger partial charge in [0.1, 0.15) is 11.8 Å². The Morgan fingerprint density at radius 2 is 1.77 bits per heavy atom. The van der Waals surface area contributed by atoms with Gasteiger partial charge >= 0.3 is 0 Å². The monoisotopic (exact) mass is 354 g/mol. The molecule has 0 saturated carbocycles. The highest BCUT2D eigenvalue weighted by Crippen LogP contribution is 2.21. The van der Waals surface area contributed by atoms with Crippen LogP contribution in [0.5, 0.6) is 5.75 Å². The van der Waals surface area contributed by atoms with Crippen molar-refractivity contribution in [3.05, 3.63) is 65.2 Å². The molecule has 1 atom stereocenters. The highest BCUT2D eigenvalue weighted by molar-refractivity contribution is 5.87. The van der Waals surface area contributed by atoms with Crippen LogP contribution in [0.25, 0.3) is 0 Å². The topological polar surface area (TPSA) is 58.6 Å². The van der Waals surface area contributed by atoms with Crippen LogP contribution in [-0.2, 0) is 16.1 Å². The molecule has 138 valence electrons. The molecule has 5 nitrogen and oxygen atoms in total. The van der Waals surface area contributed by atoms with Gasteiger partial charge in [0.05, 0.1) is 0 Å². The maximum Gasteiger partial charge on any atom is 0.261 e. The molecule has 0 aliphatic heterocycles. The van der Waals surface area contributed by atoms with Crippen molar-refractivity contribution in [2.45, 2.75) is 33.4 Å². The average molecular weight is 354 g/mol. The zero-order valence-corrected chi connectivity index (χ0v) is 15.8. The van der Waals surface area contributed by atoms with Crippen LogP contribution < -0.4 is 10.1 Å². The summed E-state index contributed by atoms with van der Waals surface area (Å²) in [7, 11) is 1.57. The summed E-state index contributed by atoms with van der Waals surface area (Å²) in [5, 5.41) is 2.60. The summed E-state index contributed by atoms with van der Waals surface area (Å²) in [6.45, 7) is 5.92. The first kappa shape index (κ1) is 19.5. The summed E-state index contributed by atoms with van der Waals surface area (Å²) in [6, 6.07) is 14.8. The quantitative estimate of drug-likeness (QED) is 0.832. The van der Waals surface area contributed by atoms with Crippen molar-refractivity contribution in [1.82, 2.24) is 10.2 Å². The van der Waals surface area contributed by atoms with Crippen molar-refractivity contribution >= 4 is 11.8 Å². The van der Waals surface area contributed by atoms with E-state index in [1.54, 1.807) is 18.9 Å². The molecule has 2 amide bonds. The van der Waals surface area contributed by atoms with E-state index in [0.717, 1.165) is 16.7 Å². The van der Waals surface area contributed by atoms with Gasteiger partial charge in [0.15, 0.2) is 6.61 Å². The largest absolute Gasteiger partial charge is 0.483 e. The molecule has 0 spiro atoms. The maximum atomic E-state index is 12.8. The number of likely N-dealkylation sites (N-methyl/N-ethyl adjacent to an activating group) is 1. The van der Waals surface area contributed by atoms with Gasteiger partial charge in [-0.25, -0.2) is 0 Å². The number of carbonyl (C=O) groups is 2. The van der Waals surface area contributed by atoms with Crippen LogP contribution in [0.1, 0.15) is 23.6 Å². The van der Waals surface area contributed by atoms with Gasteiger partial charge in [0, 0.05) is 13.6 Å². The second kappa shape index (κ2) is 9.04. The molecule has 0 radical (unpaired) electrons.